The first-order valence-electron chi connectivity index (χ1n) is 6.57. The predicted octanol–water partition coefficient (Wildman–Crippen LogP) is 1.70. The van der Waals surface area contributed by atoms with E-state index in [1.807, 2.05) is 0 Å². The minimum Gasteiger partial charge on any atom is -0.384 e. The van der Waals surface area contributed by atoms with Crippen molar-refractivity contribution in [2.75, 3.05) is 26.8 Å². The molecular formula is C13H18BrFN2O3S. The first-order valence-corrected chi connectivity index (χ1v) is 8.80. The molecule has 118 valence electrons. The van der Waals surface area contributed by atoms with Crippen LogP contribution in [0.15, 0.2) is 21.5 Å². The zero-order chi connectivity index (χ0) is 15.6. The van der Waals surface area contributed by atoms with E-state index in [1.54, 1.807) is 7.11 Å². The fraction of sp³-hybridized carbons (Fsp3) is 0.538. The molecule has 1 aliphatic rings. The normalized spacial score (nSPS) is 20.1. The molecule has 0 amide bonds. The number of methoxy groups -OCH3 is 1. The van der Waals surface area contributed by atoms with E-state index in [4.69, 9.17) is 10.5 Å². The molecule has 0 aromatic heterocycles. The molecule has 1 heterocycles. The summed E-state index contributed by atoms with van der Waals surface area (Å²) in [6, 6.07) is 2.78. The van der Waals surface area contributed by atoms with Crippen LogP contribution in [0.5, 0.6) is 0 Å². The van der Waals surface area contributed by atoms with Crippen molar-refractivity contribution < 1.29 is 17.5 Å². The van der Waals surface area contributed by atoms with Gasteiger partial charge in [0.05, 0.1) is 6.61 Å². The Hall–Kier alpha value is -0.540. The van der Waals surface area contributed by atoms with Gasteiger partial charge >= 0.3 is 0 Å². The molecule has 1 aliphatic heterocycles. The highest BCUT2D eigenvalue weighted by Gasteiger charge is 2.34. The Labute approximate surface area is 132 Å². The number of nitrogens with two attached hydrogens (primary N) is 1. The fourth-order valence-electron chi connectivity index (χ4n) is 2.48. The standard InChI is InChI=1S/C13H18BrFN2O3S/c1-20-8-9-2-3-17(7-9)21(18,19)12-5-11(14)4-10(6-16)13(12)15/h4-5,9H,2-3,6-8,16H2,1H3. The van der Waals surface area contributed by atoms with Crippen LogP contribution in [-0.2, 0) is 21.3 Å². The molecule has 8 heteroatoms. The highest BCUT2D eigenvalue weighted by molar-refractivity contribution is 9.10. The highest BCUT2D eigenvalue weighted by atomic mass is 79.9. The summed E-state index contributed by atoms with van der Waals surface area (Å²) < 4.78 is 46.4. The number of rotatable bonds is 5. The summed E-state index contributed by atoms with van der Waals surface area (Å²) in [4.78, 5) is -0.324. The molecule has 5 nitrogen and oxygen atoms in total. The van der Waals surface area contributed by atoms with Crippen molar-refractivity contribution in [1.29, 1.82) is 0 Å². The molecule has 1 aromatic rings. The molecule has 0 spiro atoms. The van der Waals surface area contributed by atoms with Gasteiger partial charge in [0.15, 0.2) is 0 Å². The van der Waals surface area contributed by atoms with Crippen LogP contribution in [0.4, 0.5) is 4.39 Å². The maximum atomic E-state index is 14.3. The van der Waals surface area contributed by atoms with Crippen LogP contribution in [0.3, 0.4) is 0 Å². The van der Waals surface area contributed by atoms with Crippen LogP contribution >= 0.6 is 15.9 Å². The van der Waals surface area contributed by atoms with Crippen molar-refractivity contribution >= 4 is 26.0 Å². The van der Waals surface area contributed by atoms with E-state index in [1.165, 1.54) is 16.4 Å². The smallest absolute Gasteiger partial charge is 0.246 e. The third-order valence-corrected chi connectivity index (χ3v) is 5.89. The Balaban J connectivity index is 2.35. The van der Waals surface area contributed by atoms with Gasteiger partial charge < -0.3 is 10.5 Å². The summed E-state index contributed by atoms with van der Waals surface area (Å²) >= 11 is 3.20. The van der Waals surface area contributed by atoms with E-state index in [0.717, 1.165) is 0 Å². The van der Waals surface area contributed by atoms with Crippen molar-refractivity contribution in [3.05, 3.63) is 28.0 Å². The Kier molecular flexibility index (Phi) is 5.37. The van der Waals surface area contributed by atoms with Gasteiger partial charge in [-0.2, -0.15) is 4.31 Å². The van der Waals surface area contributed by atoms with Gasteiger partial charge in [-0.15, -0.1) is 0 Å². The third kappa shape index (κ3) is 3.45. The van der Waals surface area contributed by atoms with E-state index in [2.05, 4.69) is 15.9 Å². The number of nitrogens with zero attached hydrogens (tertiary/aromatic N) is 1. The van der Waals surface area contributed by atoms with Gasteiger partial charge in [0.2, 0.25) is 10.0 Å². The lowest BCUT2D eigenvalue weighted by molar-refractivity contribution is 0.157. The van der Waals surface area contributed by atoms with E-state index >= 15 is 0 Å². The van der Waals surface area contributed by atoms with Gasteiger partial charge in [-0.05, 0) is 24.5 Å². The molecule has 2 rings (SSSR count). The number of sulfonamides is 1. The molecule has 0 aliphatic carbocycles. The van der Waals surface area contributed by atoms with Gasteiger partial charge in [-0.1, -0.05) is 15.9 Å². The molecule has 1 aromatic carbocycles. The summed E-state index contributed by atoms with van der Waals surface area (Å²) in [7, 11) is -2.28. The van der Waals surface area contributed by atoms with Crippen LogP contribution in [-0.4, -0.2) is 39.5 Å². The molecule has 0 bridgehead atoms. The lowest BCUT2D eigenvalue weighted by Gasteiger charge is -2.18. The topological polar surface area (TPSA) is 72.6 Å². The first-order chi connectivity index (χ1) is 9.90. The molecule has 1 fully saturated rings. The van der Waals surface area contributed by atoms with E-state index in [9.17, 15) is 12.8 Å². The summed E-state index contributed by atoms with van der Waals surface area (Å²) in [6.45, 7) is 1.17. The van der Waals surface area contributed by atoms with Gasteiger partial charge in [-0.25, -0.2) is 12.8 Å². The van der Waals surface area contributed by atoms with Crippen molar-refractivity contribution in [2.24, 2.45) is 11.7 Å². The molecular weight excluding hydrogens is 363 g/mol. The largest absolute Gasteiger partial charge is 0.384 e. The molecule has 1 atom stereocenters. The molecule has 1 unspecified atom stereocenters. The van der Waals surface area contributed by atoms with Crippen LogP contribution < -0.4 is 5.73 Å². The quantitative estimate of drug-likeness (QED) is 0.843. The summed E-state index contributed by atoms with van der Waals surface area (Å²) in [5, 5.41) is 0. The predicted molar refractivity (Wildman–Crippen MR) is 80.7 cm³/mol. The van der Waals surface area contributed by atoms with E-state index in [-0.39, 0.29) is 22.9 Å². The number of hydrogen-bond acceptors (Lipinski definition) is 4. The van der Waals surface area contributed by atoms with E-state index < -0.39 is 15.8 Å². The monoisotopic (exact) mass is 380 g/mol. The molecule has 0 radical (unpaired) electrons. The number of benzene rings is 1. The maximum absolute atomic E-state index is 14.3. The average Bonchev–Trinajstić information content (AvgIpc) is 2.90. The van der Waals surface area contributed by atoms with Crippen molar-refractivity contribution in [3.8, 4) is 0 Å². The van der Waals surface area contributed by atoms with Crippen molar-refractivity contribution in [1.82, 2.24) is 4.31 Å². The fourth-order valence-corrected chi connectivity index (χ4v) is 4.80. The minimum absolute atomic E-state index is 0.0555. The summed E-state index contributed by atoms with van der Waals surface area (Å²) in [5.74, 6) is -0.621. The van der Waals surface area contributed by atoms with Crippen molar-refractivity contribution in [3.63, 3.8) is 0 Å². The third-order valence-electron chi connectivity index (χ3n) is 3.57. The van der Waals surface area contributed by atoms with E-state index in [0.29, 0.717) is 30.6 Å². The van der Waals surface area contributed by atoms with Crippen LogP contribution in [0, 0.1) is 11.7 Å². The van der Waals surface area contributed by atoms with Gasteiger partial charge in [0.1, 0.15) is 10.7 Å². The molecule has 0 saturated carbocycles. The Morgan fingerprint density at radius 1 is 1.52 bits per heavy atom. The average molecular weight is 381 g/mol. The van der Waals surface area contributed by atoms with Crippen LogP contribution in [0.2, 0.25) is 0 Å². The van der Waals surface area contributed by atoms with Crippen LogP contribution in [0.1, 0.15) is 12.0 Å². The van der Waals surface area contributed by atoms with Gasteiger partial charge in [0, 0.05) is 36.8 Å². The first kappa shape index (κ1) is 16.8. The Morgan fingerprint density at radius 3 is 2.86 bits per heavy atom. The summed E-state index contributed by atoms with van der Waals surface area (Å²) in [5.41, 5.74) is 5.64. The van der Waals surface area contributed by atoms with Crippen LogP contribution in [0.25, 0.3) is 0 Å². The highest BCUT2D eigenvalue weighted by Crippen LogP contribution is 2.29. The molecule has 2 N–H and O–H groups in total. The second-order valence-corrected chi connectivity index (χ2v) is 7.88. The minimum atomic E-state index is -3.86. The second-order valence-electron chi connectivity index (χ2n) is 5.05. The summed E-state index contributed by atoms with van der Waals surface area (Å²) in [6.07, 6.45) is 0.715. The van der Waals surface area contributed by atoms with Gasteiger partial charge in [0.25, 0.3) is 0 Å². The second kappa shape index (κ2) is 6.70. The van der Waals surface area contributed by atoms with Crippen molar-refractivity contribution in [2.45, 2.75) is 17.9 Å². The number of ether oxygens (including phenoxy) is 1. The number of hydrogen-bond donors (Lipinski definition) is 1. The van der Waals surface area contributed by atoms with Gasteiger partial charge in [-0.3, -0.25) is 0 Å². The Bertz CT molecular complexity index is 624. The maximum Gasteiger partial charge on any atom is 0.246 e. The zero-order valence-electron chi connectivity index (χ0n) is 11.7. The number of halogens is 2. The lowest BCUT2D eigenvalue weighted by atomic mass is 10.1. The zero-order valence-corrected chi connectivity index (χ0v) is 14.1. The Morgan fingerprint density at radius 2 is 2.24 bits per heavy atom. The SMILES string of the molecule is COCC1CCN(S(=O)(=O)c2cc(Br)cc(CN)c2F)C1. The molecule has 21 heavy (non-hydrogen) atoms. The lowest BCUT2D eigenvalue weighted by Crippen LogP contribution is -2.30. The molecule has 1 saturated heterocycles.